The number of carboxylic acids is 1. The Labute approximate surface area is 154 Å². The highest BCUT2D eigenvalue weighted by molar-refractivity contribution is 8.00. The number of nitrogens with one attached hydrogen (secondary N) is 2. The number of aliphatic carboxylic acids is 1. The van der Waals surface area contributed by atoms with Crippen molar-refractivity contribution >= 4 is 53.7 Å². The zero-order chi connectivity index (χ0) is 19.8. The largest absolute Gasteiger partial charge is 0.480 e. The summed E-state index contributed by atoms with van der Waals surface area (Å²) in [6, 6.07) is 0. The van der Waals surface area contributed by atoms with Crippen LogP contribution in [-0.4, -0.2) is 69.5 Å². The van der Waals surface area contributed by atoms with Gasteiger partial charge in [0.1, 0.15) is 0 Å². The summed E-state index contributed by atoms with van der Waals surface area (Å²) in [5, 5.41) is 14.1. The first-order chi connectivity index (χ1) is 11.4. The standard InChI is InChI=1S/C13H22N4O6S2/c1-7(18)16-5-12(15,11(22)23)13(24,9(20)3-14)10(21)4-25-6-17-8(2)19/h24H,3-6,14-15H2,1-2H3,(H,16,18)(H,17,19)(H,22,23). The van der Waals surface area contributed by atoms with E-state index < -0.39 is 46.8 Å². The van der Waals surface area contributed by atoms with E-state index in [-0.39, 0.29) is 17.5 Å². The molecule has 12 heteroatoms. The summed E-state index contributed by atoms with van der Waals surface area (Å²) in [5.41, 5.74) is 8.61. The van der Waals surface area contributed by atoms with E-state index >= 15 is 0 Å². The molecule has 0 saturated carbocycles. The topological polar surface area (TPSA) is 182 Å². The Kier molecular flexibility index (Phi) is 9.11. The maximum Gasteiger partial charge on any atom is 0.327 e. The molecule has 0 aromatic carbocycles. The first-order valence-electron chi connectivity index (χ1n) is 7.01. The van der Waals surface area contributed by atoms with E-state index in [4.69, 9.17) is 11.5 Å². The van der Waals surface area contributed by atoms with Crippen molar-refractivity contribution in [3.63, 3.8) is 0 Å². The van der Waals surface area contributed by atoms with Crippen LogP contribution in [-0.2, 0) is 24.0 Å². The highest BCUT2D eigenvalue weighted by Gasteiger charge is 2.60. The molecule has 0 aromatic heterocycles. The number of hydrogen-bond acceptors (Lipinski definition) is 9. The van der Waals surface area contributed by atoms with Gasteiger partial charge < -0.3 is 27.2 Å². The third-order valence-corrected chi connectivity index (χ3v) is 5.00. The Morgan fingerprint density at radius 1 is 1.08 bits per heavy atom. The van der Waals surface area contributed by atoms with E-state index in [0.717, 1.165) is 18.7 Å². The summed E-state index contributed by atoms with van der Waals surface area (Å²) in [6.07, 6.45) is 0. The summed E-state index contributed by atoms with van der Waals surface area (Å²) < 4.78 is -2.46. The van der Waals surface area contributed by atoms with Crippen molar-refractivity contribution in [2.45, 2.75) is 24.1 Å². The van der Waals surface area contributed by atoms with Crippen LogP contribution >= 0.6 is 24.4 Å². The molecule has 2 amide bonds. The van der Waals surface area contributed by atoms with Crippen molar-refractivity contribution in [2.24, 2.45) is 11.5 Å². The number of carboxylic acid groups (broad SMARTS) is 1. The van der Waals surface area contributed by atoms with Crippen LogP contribution in [0.15, 0.2) is 0 Å². The van der Waals surface area contributed by atoms with Gasteiger partial charge in [-0.25, -0.2) is 0 Å². The zero-order valence-electron chi connectivity index (χ0n) is 13.8. The molecule has 7 N–H and O–H groups in total. The number of carbonyl (C=O) groups excluding carboxylic acids is 4. The normalized spacial score (nSPS) is 15.4. The van der Waals surface area contributed by atoms with Crippen molar-refractivity contribution in [1.82, 2.24) is 10.6 Å². The number of carbonyl (C=O) groups is 5. The van der Waals surface area contributed by atoms with Crippen LogP contribution in [0.5, 0.6) is 0 Å². The molecular formula is C13H22N4O6S2. The van der Waals surface area contributed by atoms with Gasteiger partial charge in [-0.1, -0.05) is 0 Å². The molecule has 2 atom stereocenters. The van der Waals surface area contributed by atoms with Crippen LogP contribution in [0, 0.1) is 0 Å². The van der Waals surface area contributed by atoms with Gasteiger partial charge in [-0.05, 0) is 0 Å². The molecule has 25 heavy (non-hydrogen) atoms. The first kappa shape index (κ1) is 23.4. The Morgan fingerprint density at radius 2 is 1.60 bits per heavy atom. The Morgan fingerprint density at radius 3 is 2.00 bits per heavy atom. The van der Waals surface area contributed by atoms with Gasteiger partial charge in [0.2, 0.25) is 11.8 Å². The summed E-state index contributed by atoms with van der Waals surface area (Å²) in [4.78, 5) is 58.4. The summed E-state index contributed by atoms with van der Waals surface area (Å²) in [7, 11) is 0. The SMILES string of the molecule is CC(=O)NCSCC(=O)C(S)(C(=O)CN)C(N)(CNC(C)=O)C(=O)O. The van der Waals surface area contributed by atoms with E-state index in [1.807, 2.05) is 0 Å². The number of amides is 2. The van der Waals surface area contributed by atoms with Crippen LogP contribution in [0.3, 0.4) is 0 Å². The Hall–Kier alpha value is -1.63. The average Bonchev–Trinajstić information content (AvgIpc) is 2.53. The fourth-order valence-corrected chi connectivity index (χ4v) is 3.09. The molecular weight excluding hydrogens is 372 g/mol. The minimum atomic E-state index is -2.51. The van der Waals surface area contributed by atoms with Crippen molar-refractivity contribution in [1.29, 1.82) is 0 Å². The second-order valence-electron chi connectivity index (χ2n) is 5.17. The first-order valence-corrected chi connectivity index (χ1v) is 8.61. The van der Waals surface area contributed by atoms with Gasteiger partial charge in [0.15, 0.2) is 21.9 Å². The molecule has 0 radical (unpaired) electrons. The predicted molar refractivity (Wildman–Crippen MR) is 95.2 cm³/mol. The maximum absolute atomic E-state index is 12.6. The molecule has 0 rings (SSSR count). The van der Waals surface area contributed by atoms with E-state index in [1.54, 1.807) is 0 Å². The third kappa shape index (κ3) is 5.70. The predicted octanol–water partition coefficient (Wildman–Crippen LogP) is -2.50. The summed E-state index contributed by atoms with van der Waals surface area (Å²) >= 11 is 4.95. The fraction of sp³-hybridized carbons (Fsp3) is 0.615. The Balaban J connectivity index is 5.62. The van der Waals surface area contributed by atoms with E-state index in [0.29, 0.717) is 0 Å². The number of hydrogen-bond donors (Lipinski definition) is 6. The maximum atomic E-state index is 12.6. The highest BCUT2D eigenvalue weighted by atomic mass is 32.2. The molecule has 142 valence electrons. The lowest BCUT2D eigenvalue weighted by Crippen LogP contribution is -2.74. The second-order valence-corrected chi connectivity index (χ2v) is 6.83. The minimum Gasteiger partial charge on any atom is -0.480 e. The molecule has 0 aromatic rings. The van der Waals surface area contributed by atoms with Crippen molar-refractivity contribution in [2.75, 3.05) is 24.7 Å². The van der Waals surface area contributed by atoms with Gasteiger partial charge in [0.05, 0.1) is 18.2 Å². The van der Waals surface area contributed by atoms with Crippen LogP contribution in [0.25, 0.3) is 0 Å². The van der Waals surface area contributed by atoms with Crippen molar-refractivity contribution < 1.29 is 29.1 Å². The van der Waals surface area contributed by atoms with Crippen molar-refractivity contribution in [3.8, 4) is 0 Å². The van der Waals surface area contributed by atoms with Crippen LogP contribution in [0.2, 0.25) is 0 Å². The quantitative estimate of drug-likeness (QED) is 0.0954. The monoisotopic (exact) mass is 394 g/mol. The lowest BCUT2D eigenvalue weighted by atomic mass is 9.77. The molecule has 2 unspecified atom stereocenters. The van der Waals surface area contributed by atoms with Crippen LogP contribution in [0.4, 0.5) is 0 Å². The lowest BCUT2D eigenvalue weighted by molar-refractivity contribution is -0.150. The van der Waals surface area contributed by atoms with Gasteiger partial charge in [0.25, 0.3) is 0 Å². The van der Waals surface area contributed by atoms with E-state index in [9.17, 15) is 29.1 Å². The number of ketones is 2. The fourth-order valence-electron chi connectivity index (χ4n) is 1.82. The van der Waals surface area contributed by atoms with Crippen LogP contribution < -0.4 is 22.1 Å². The zero-order valence-corrected chi connectivity index (χ0v) is 15.5. The number of nitrogens with two attached hydrogens (primary N) is 2. The minimum absolute atomic E-state index is 0.0675. The molecule has 0 aliphatic heterocycles. The van der Waals surface area contributed by atoms with Crippen molar-refractivity contribution in [3.05, 3.63) is 0 Å². The van der Waals surface area contributed by atoms with Gasteiger partial charge >= 0.3 is 5.97 Å². The summed E-state index contributed by atoms with van der Waals surface area (Å²) in [6.45, 7) is 1.04. The molecule has 0 bridgehead atoms. The van der Waals surface area contributed by atoms with Crippen LogP contribution in [0.1, 0.15) is 13.8 Å². The van der Waals surface area contributed by atoms with E-state index in [1.165, 1.54) is 6.92 Å². The van der Waals surface area contributed by atoms with E-state index in [2.05, 4.69) is 23.3 Å². The number of thioether (sulfide) groups is 1. The second kappa shape index (κ2) is 9.75. The van der Waals surface area contributed by atoms with Gasteiger partial charge in [-0.15, -0.1) is 11.8 Å². The third-order valence-electron chi connectivity index (χ3n) is 3.29. The van der Waals surface area contributed by atoms with Gasteiger partial charge in [-0.2, -0.15) is 12.6 Å². The highest BCUT2D eigenvalue weighted by Crippen LogP contribution is 2.31. The summed E-state index contributed by atoms with van der Waals surface area (Å²) in [5.74, 6) is -4.77. The molecule has 0 aliphatic carbocycles. The van der Waals surface area contributed by atoms with Gasteiger partial charge in [0, 0.05) is 20.4 Å². The molecule has 0 saturated heterocycles. The Bertz CT molecular complexity index is 573. The molecule has 0 aliphatic rings. The molecule has 0 heterocycles. The average molecular weight is 394 g/mol. The number of rotatable bonds is 11. The number of thiol groups is 1. The number of Topliss-reactive ketones (excluding diaryl/α,β-unsaturated/α-hetero) is 2. The molecule has 10 nitrogen and oxygen atoms in total. The van der Waals surface area contributed by atoms with Gasteiger partial charge in [-0.3, -0.25) is 24.0 Å². The molecule has 0 fully saturated rings. The molecule has 0 spiro atoms. The smallest absolute Gasteiger partial charge is 0.327 e. The lowest BCUT2D eigenvalue weighted by Gasteiger charge is -2.39.